The minimum Gasteiger partial charge on any atom is -0.450 e. The number of amides is 1. The molecule has 32 heavy (non-hydrogen) atoms. The van der Waals surface area contributed by atoms with Crippen LogP contribution in [0, 0.1) is 10.1 Å². The lowest BCUT2D eigenvalue weighted by molar-refractivity contribution is -0.385. The number of carbonyl (C=O) groups excluding carboxylic acids is 1. The van der Waals surface area contributed by atoms with Crippen molar-refractivity contribution < 1.29 is 23.5 Å². The number of carbonyl (C=O) groups is 1. The van der Waals surface area contributed by atoms with E-state index in [0.29, 0.717) is 16.9 Å². The van der Waals surface area contributed by atoms with Gasteiger partial charge in [0.2, 0.25) is 5.75 Å². The second-order valence-corrected chi connectivity index (χ2v) is 10.5. The van der Waals surface area contributed by atoms with Gasteiger partial charge in [-0.25, -0.2) is 9.34 Å². The van der Waals surface area contributed by atoms with E-state index in [2.05, 4.69) is 0 Å². The summed E-state index contributed by atoms with van der Waals surface area (Å²) in [7, 11) is 6.66. The average molecular weight is 464 g/mol. The van der Waals surface area contributed by atoms with Gasteiger partial charge in [0.1, 0.15) is 5.75 Å². The Morgan fingerprint density at radius 1 is 1.00 bits per heavy atom. The van der Waals surface area contributed by atoms with Crippen molar-refractivity contribution in [2.24, 2.45) is 0 Å². The van der Waals surface area contributed by atoms with Crippen molar-refractivity contribution in [3.63, 3.8) is 0 Å². The molecule has 0 saturated heterocycles. The van der Waals surface area contributed by atoms with E-state index >= 15 is 0 Å². The van der Waals surface area contributed by atoms with Gasteiger partial charge in [0.25, 0.3) is 5.91 Å². The fourth-order valence-electron chi connectivity index (χ4n) is 2.88. The molecule has 0 bridgehead atoms. The van der Waals surface area contributed by atoms with Gasteiger partial charge in [0, 0.05) is 25.7 Å². The van der Waals surface area contributed by atoms with Crippen LogP contribution in [0.25, 0.3) is 0 Å². The van der Waals surface area contributed by atoms with Crippen molar-refractivity contribution in [3.8, 4) is 11.5 Å². The summed E-state index contributed by atoms with van der Waals surface area (Å²) in [6.07, 6.45) is -0.631. The summed E-state index contributed by atoms with van der Waals surface area (Å²) in [4.78, 5) is 24.5. The monoisotopic (exact) mass is 464 g/mol. The Balaban J connectivity index is 2.35. The van der Waals surface area contributed by atoms with Gasteiger partial charge in [0.15, 0.2) is 0 Å². The van der Waals surface area contributed by atoms with Crippen molar-refractivity contribution in [2.45, 2.75) is 13.0 Å². The Labute approximate surface area is 188 Å². The maximum Gasteiger partial charge on any atom is 0.345 e. The minimum absolute atomic E-state index is 0.0131. The Morgan fingerprint density at radius 2 is 1.56 bits per heavy atom. The maximum absolute atomic E-state index is 13.1. The number of rotatable bonds is 9. The third-order valence-corrected chi connectivity index (χ3v) is 7.30. The number of nitrogens with zero attached hydrogens (tertiary/aromatic N) is 4. The first-order valence-corrected chi connectivity index (χ1v) is 11.3. The quantitative estimate of drug-likeness (QED) is 0.306. The summed E-state index contributed by atoms with van der Waals surface area (Å²) in [6.45, 7) is 1.71. The molecular formula is C21H29N4O6P. The molecule has 1 atom stereocenters. The average Bonchev–Trinajstić information content (AvgIpc) is 2.73. The summed E-state index contributed by atoms with van der Waals surface area (Å²) in [5.74, 6) is 0.183. The van der Waals surface area contributed by atoms with E-state index in [4.69, 9.17) is 9.26 Å². The predicted molar refractivity (Wildman–Crippen MR) is 122 cm³/mol. The molecule has 0 fully saturated rings. The molecule has 2 rings (SSSR count). The van der Waals surface area contributed by atoms with E-state index < -0.39 is 18.7 Å². The van der Waals surface area contributed by atoms with E-state index in [-0.39, 0.29) is 17.3 Å². The second kappa shape index (κ2) is 10.2. The van der Waals surface area contributed by atoms with Crippen LogP contribution in [0.5, 0.6) is 11.5 Å². The van der Waals surface area contributed by atoms with Crippen molar-refractivity contribution in [1.82, 2.24) is 14.2 Å². The normalized spacial score (nSPS) is 12.7. The molecule has 0 aromatic heterocycles. The van der Waals surface area contributed by atoms with Crippen LogP contribution in [0.2, 0.25) is 0 Å². The molecule has 174 valence electrons. The zero-order valence-electron chi connectivity index (χ0n) is 19.3. The number of ether oxygens (including phenoxy) is 1. The largest absolute Gasteiger partial charge is 0.450 e. The molecule has 0 N–H and O–H groups in total. The van der Waals surface area contributed by atoms with E-state index in [9.17, 15) is 19.5 Å². The van der Waals surface area contributed by atoms with Gasteiger partial charge in [-0.2, -0.15) is 0 Å². The second-order valence-electron chi connectivity index (χ2n) is 7.74. The van der Waals surface area contributed by atoms with Crippen LogP contribution in [0.4, 0.5) is 5.69 Å². The summed E-state index contributed by atoms with van der Waals surface area (Å²) in [6, 6.07) is 10.7. The van der Waals surface area contributed by atoms with E-state index in [1.165, 1.54) is 26.4 Å². The summed E-state index contributed by atoms with van der Waals surface area (Å²) in [5, 5.41) is 11.5. The molecule has 2 aromatic carbocycles. The third-order valence-electron chi connectivity index (χ3n) is 4.69. The smallest absolute Gasteiger partial charge is 0.345 e. The summed E-state index contributed by atoms with van der Waals surface area (Å²) >= 11 is 0. The number of nitro groups is 1. The highest BCUT2D eigenvalue weighted by atomic mass is 31.2. The van der Waals surface area contributed by atoms with Gasteiger partial charge in [-0.1, -0.05) is 0 Å². The maximum atomic E-state index is 13.1. The van der Waals surface area contributed by atoms with Crippen LogP contribution in [-0.4, -0.2) is 67.4 Å². The highest BCUT2D eigenvalue weighted by molar-refractivity contribution is 7.53. The molecule has 1 amide bonds. The van der Waals surface area contributed by atoms with E-state index in [1.54, 1.807) is 79.5 Å². The minimum atomic E-state index is -3.26. The fourth-order valence-corrected chi connectivity index (χ4v) is 4.51. The van der Waals surface area contributed by atoms with Crippen molar-refractivity contribution in [1.29, 1.82) is 0 Å². The van der Waals surface area contributed by atoms with Crippen molar-refractivity contribution in [3.05, 3.63) is 63.7 Å². The van der Waals surface area contributed by atoms with Crippen LogP contribution in [-0.2, 0) is 9.09 Å². The first-order chi connectivity index (χ1) is 14.9. The first-order valence-electron chi connectivity index (χ1n) is 9.78. The lowest BCUT2D eigenvalue weighted by atomic mass is 10.1. The molecule has 0 aliphatic rings. The highest BCUT2D eigenvalue weighted by Crippen LogP contribution is 2.54. The zero-order valence-corrected chi connectivity index (χ0v) is 20.2. The molecular weight excluding hydrogens is 435 g/mol. The number of hydrogen-bond acceptors (Lipinski definition) is 6. The molecule has 0 radical (unpaired) electrons. The van der Waals surface area contributed by atoms with Crippen molar-refractivity contribution in [2.75, 3.05) is 42.3 Å². The SMILES string of the molecule is CC(OP(=O)(N(C)C)N(C)C)c1ccc([N+](=O)[O-])c(Oc2ccc(C(=O)N(C)C)cc2)c1. The Morgan fingerprint density at radius 3 is 2.03 bits per heavy atom. The molecule has 0 aliphatic heterocycles. The summed E-state index contributed by atoms with van der Waals surface area (Å²) < 4.78 is 27.8. The Kier molecular flexibility index (Phi) is 8.14. The molecule has 0 spiro atoms. The molecule has 0 aliphatic carbocycles. The lowest BCUT2D eigenvalue weighted by Crippen LogP contribution is -2.23. The Bertz CT molecular complexity index is 1010. The van der Waals surface area contributed by atoms with Gasteiger partial charge in [0.05, 0.1) is 11.0 Å². The van der Waals surface area contributed by atoms with Gasteiger partial charge in [-0.3, -0.25) is 24.0 Å². The third kappa shape index (κ3) is 5.72. The zero-order chi connectivity index (χ0) is 24.2. The van der Waals surface area contributed by atoms with E-state index in [0.717, 1.165) is 0 Å². The molecule has 0 heterocycles. The van der Waals surface area contributed by atoms with Crippen LogP contribution in [0.15, 0.2) is 42.5 Å². The fraction of sp³-hybridized carbons (Fsp3) is 0.381. The van der Waals surface area contributed by atoms with E-state index in [1.807, 2.05) is 0 Å². The molecule has 10 nitrogen and oxygen atoms in total. The molecule has 0 saturated carbocycles. The first kappa shape index (κ1) is 25.5. The number of nitro benzene ring substituents is 1. The van der Waals surface area contributed by atoms with Crippen LogP contribution in [0.3, 0.4) is 0 Å². The van der Waals surface area contributed by atoms with Gasteiger partial charge in [-0.15, -0.1) is 0 Å². The standard InChI is InChI=1S/C21H29N4O6P/c1-15(31-32(29,23(4)5)24(6)7)17-10-13-19(25(27)28)20(14-17)30-18-11-8-16(9-12-18)21(26)22(2)3/h8-15H,1-7H3. The summed E-state index contributed by atoms with van der Waals surface area (Å²) in [5.41, 5.74) is 0.808. The van der Waals surface area contributed by atoms with Gasteiger partial charge >= 0.3 is 13.4 Å². The predicted octanol–water partition coefficient (Wildman–Crippen LogP) is 4.40. The molecule has 11 heteroatoms. The van der Waals surface area contributed by atoms with Gasteiger partial charge in [-0.05, 0) is 77.1 Å². The Hall–Kier alpha value is -2.78. The molecule has 2 aromatic rings. The van der Waals surface area contributed by atoms with Gasteiger partial charge < -0.3 is 9.64 Å². The number of benzene rings is 2. The van der Waals surface area contributed by atoms with Crippen molar-refractivity contribution >= 4 is 19.3 Å². The topological polar surface area (TPSA) is 105 Å². The van der Waals surface area contributed by atoms with Crippen LogP contribution in [0.1, 0.15) is 28.9 Å². The van der Waals surface area contributed by atoms with Crippen LogP contribution < -0.4 is 4.74 Å². The van der Waals surface area contributed by atoms with Crippen LogP contribution >= 0.6 is 7.67 Å². The lowest BCUT2D eigenvalue weighted by Gasteiger charge is -2.32. The molecule has 1 unspecified atom stereocenters. The number of hydrogen-bond donors (Lipinski definition) is 0. The highest BCUT2D eigenvalue weighted by Gasteiger charge is 2.32.